The zero-order valence-electron chi connectivity index (χ0n) is 20.4. The fraction of sp³-hybridized carbons (Fsp3) is 0.625. The Morgan fingerprint density at radius 3 is 2.31 bits per heavy atom. The Bertz CT molecular complexity index is 943. The standard InChI is InChI=1S/C24H30O11/c1-7-23(33-15(4)25)17(32-19-18(23)34-22(5,6)35-19)14-31-24(20(26)29-8-2,21(27)30-9-3)12-16-10-11-28-13-16/h1,10-11,13,17-19H,8-9,12,14H2,2-6H3/t17-,18+,19-,23-/m1/s1. The molecule has 11 nitrogen and oxygen atoms in total. The molecule has 2 aliphatic rings. The molecule has 1 aromatic rings. The van der Waals surface area contributed by atoms with E-state index < -0.39 is 60.0 Å². The van der Waals surface area contributed by atoms with Crippen molar-refractivity contribution < 1.29 is 52.0 Å². The van der Waals surface area contributed by atoms with Gasteiger partial charge in [0.25, 0.3) is 5.60 Å². The minimum absolute atomic E-state index is 0.0166. The lowest BCUT2D eigenvalue weighted by Gasteiger charge is -2.35. The van der Waals surface area contributed by atoms with Crippen LogP contribution in [0.15, 0.2) is 23.0 Å². The first-order valence-electron chi connectivity index (χ1n) is 11.2. The van der Waals surface area contributed by atoms with Gasteiger partial charge in [0.15, 0.2) is 18.2 Å². The van der Waals surface area contributed by atoms with Crippen LogP contribution in [0, 0.1) is 12.3 Å². The first-order valence-corrected chi connectivity index (χ1v) is 11.2. The molecule has 2 fully saturated rings. The number of terminal acetylenes is 1. The van der Waals surface area contributed by atoms with Crippen LogP contribution in [0.5, 0.6) is 0 Å². The van der Waals surface area contributed by atoms with Gasteiger partial charge in [-0.2, -0.15) is 0 Å². The smallest absolute Gasteiger partial charge is 0.350 e. The van der Waals surface area contributed by atoms with Crippen molar-refractivity contribution in [1.82, 2.24) is 0 Å². The van der Waals surface area contributed by atoms with Crippen LogP contribution in [0.3, 0.4) is 0 Å². The average molecular weight is 494 g/mol. The van der Waals surface area contributed by atoms with E-state index in [1.54, 1.807) is 33.8 Å². The third-order valence-electron chi connectivity index (χ3n) is 5.52. The van der Waals surface area contributed by atoms with E-state index >= 15 is 0 Å². The summed E-state index contributed by atoms with van der Waals surface area (Å²) in [7, 11) is 0. The number of rotatable bonds is 10. The molecular formula is C24H30O11. The van der Waals surface area contributed by atoms with Crippen LogP contribution in [0.2, 0.25) is 0 Å². The maximum Gasteiger partial charge on any atom is 0.350 e. The average Bonchev–Trinajstić information content (AvgIpc) is 3.46. The van der Waals surface area contributed by atoms with E-state index in [1.165, 1.54) is 19.5 Å². The summed E-state index contributed by atoms with van der Waals surface area (Å²) < 4.78 is 44.5. The lowest BCUT2D eigenvalue weighted by atomic mass is 9.92. The first kappa shape index (κ1) is 26.7. The van der Waals surface area contributed by atoms with Crippen molar-refractivity contribution in [1.29, 1.82) is 0 Å². The Kier molecular flexibility index (Phi) is 7.91. The highest BCUT2D eigenvalue weighted by molar-refractivity contribution is 6.04. The number of carbonyl (C=O) groups excluding carboxylic acids is 3. The molecule has 0 amide bonds. The molecule has 192 valence electrons. The predicted molar refractivity (Wildman–Crippen MR) is 116 cm³/mol. The molecule has 0 bridgehead atoms. The molecule has 3 rings (SSSR count). The van der Waals surface area contributed by atoms with Crippen molar-refractivity contribution in [3.63, 3.8) is 0 Å². The molecule has 3 heterocycles. The van der Waals surface area contributed by atoms with Crippen LogP contribution in [0.4, 0.5) is 0 Å². The SMILES string of the molecule is C#C[C@@]1(OC(C)=O)[C@@H](COC(Cc2ccoc2)(C(=O)OCC)C(=O)OCC)O[C@@H]2OC(C)(C)O[C@@H]21. The maximum absolute atomic E-state index is 13.1. The number of hydrogen-bond donors (Lipinski definition) is 0. The lowest BCUT2D eigenvalue weighted by molar-refractivity contribution is -0.239. The second kappa shape index (κ2) is 10.4. The number of ether oxygens (including phenoxy) is 7. The molecule has 0 saturated carbocycles. The number of carbonyl (C=O) groups is 3. The van der Waals surface area contributed by atoms with Gasteiger partial charge in [-0.3, -0.25) is 4.79 Å². The summed E-state index contributed by atoms with van der Waals surface area (Å²) in [4.78, 5) is 38.2. The Balaban J connectivity index is 1.96. The number of hydrogen-bond acceptors (Lipinski definition) is 11. The van der Waals surface area contributed by atoms with Gasteiger partial charge in [0.2, 0.25) is 5.60 Å². The molecule has 0 radical (unpaired) electrons. The summed E-state index contributed by atoms with van der Waals surface area (Å²) in [5.74, 6) is -1.22. The van der Waals surface area contributed by atoms with Gasteiger partial charge in [-0.05, 0) is 39.3 Å². The van der Waals surface area contributed by atoms with E-state index in [2.05, 4.69) is 5.92 Å². The van der Waals surface area contributed by atoms with Gasteiger partial charge in [0.05, 0.1) is 32.3 Å². The normalized spacial score (nSPS) is 27.0. The van der Waals surface area contributed by atoms with E-state index in [1.807, 2.05) is 0 Å². The monoisotopic (exact) mass is 494 g/mol. The summed E-state index contributed by atoms with van der Waals surface area (Å²) >= 11 is 0. The highest BCUT2D eigenvalue weighted by atomic mass is 16.8. The summed E-state index contributed by atoms with van der Waals surface area (Å²) in [6.45, 7) is 7.19. The first-order chi connectivity index (χ1) is 16.5. The van der Waals surface area contributed by atoms with Crippen LogP contribution >= 0.6 is 0 Å². The minimum atomic E-state index is -2.21. The van der Waals surface area contributed by atoms with Gasteiger partial charge in [0, 0.05) is 13.3 Å². The molecule has 4 atom stereocenters. The van der Waals surface area contributed by atoms with Crippen LogP contribution in [0.25, 0.3) is 0 Å². The molecule has 0 aliphatic carbocycles. The van der Waals surface area contributed by atoms with Crippen molar-refractivity contribution >= 4 is 17.9 Å². The van der Waals surface area contributed by atoms with Crippen LogP contribution in [0.1, 0.15) is 40.2 Å². The van der Waals surface area contributed by atoms with Crippen molar-refractivity contribution in [2.45, 2.75) is 76.5 Å². The molecule has 1 aromatic heterocycles. The van der Waals surface area contributed by atoms with Crippen LogP contribution in [-0.4, -0.2) is 73.2 Å². The van der Waals surface area contributed by atoms with Crippen molar-refractivity contribution in [3.05, 3.63) is 24.2 Å². The van der Waals surface area contributed by atoms with Gasteiger partial charge in [-0.25, -0.2) is 9.59 Å². The molecule has 0 aromatic carbocycles. The third-order valence-corrected chi connectivity index (χ3v) is 5.52. The van der Waals surface area contributed by atoms with Gasteiger partial charge in [-0.15, -0.1) is 6.42 Å². The maximum atomic E-state index is 13.1. The highest BCUT2D eigenvalue weighted by Gasteiger charge is 2.66. The molecular weight excluding hydrogens is 464 g/mol. The summed E-state index contributed by atoms with van der Waals surface area (Å²) in [5, 5.41) is 0. The molecule has 2 aliphatic heterocycles. The summed E-state index contributed by atoms with van der Waals surface area (Å²) in [6.07, 6.45) is 5.20. The van der Waals surface area contributed by atoms with E-state index in [0.29, 0.717) is 5.56 Å². The highest BCUT2D eigenvalue weighted by Crippen LogP contribution is 2.45. The quantitative estimate of drug-likeness (QED) is 0.203. The topological polar surface area (TPSA) is 129 Å². The van der Waals surface area contributed by atoms with Gasteiger partial charge >= 0.3 is 17.9 Å². The molecule has 2 saturated heterocycles. The fourth-order valence-electron chi connectivity index (χ4n) is 4.09. The Morgan fingerprint density at radius 1 is 1.14 bits per heavy atom. The summed E-state index contributed by atoms with van der Waals surface area (Å²) in [5.41, 5.74) is -3.49. The Labute approximate surface area is 203 Å². The number of esters is 3. The molecule has 11 heteroatoms. The second-order valence-corrected chi connectivity index (χ2v) is 8.47. The van der Waals surface area contributed by atoms with Crippen LogP contribution < -0.4 is 0 Å². The van der Waals surface area contributed by atoms with Crippen LogP contribution in [-0.2, 0) is 54.0 Å². The fourth-order valence-corrected chi connectivity index (χ4v) is 4.09. The Hall–Kier alpha value is -2.91. The second-order valence-electron chi connectivity index (χ2n) is 8.47. The van der Waals surface area contributed by atoms with Gasteiger partial charge < -0.3 is 37.6 Å². The summed E-state index contributed by atoms with van der Waals surface area (Å²) in [6, 6.07) is 1.57. The van der Waals surface area contributed by atoms with E-state index in [4.69, 9.17) is 44.0 Å². The van der Waals surface area contributed by atoms with Crippen molar-refractivity contribution in [2.24, 2.45) is 0 Å². The zero-order valence-corrected chi connectivity index (χ0v) is 20.4. The minimum Gasteiger partial charge on any atom is -0.472 e. The van der Waals surface area contributed by atoms with Crippen molar-refractivity contribution in [2.75, 3.05) is 19.8 Å². The van der Waals surface area contributed by atoms with Gasteiger partial charge in [-0.1, -0.05) is 5.92 Å². The molecule has 0 unspecified atom stereocenters. The van der Waals surface area contributed by atoms with E-state index in [9.17, 15) is 14.4 Å². The van der Waals surface area contributed by atoms with Crippen molar-refractivity contribution in [3.8, 4) is 12.3 Å². The zero-order chi connectivity index (χ0) is 25.9. The third kappa shape index (κ3) is 5.21. The molecule has 0 N–H and O–H groups in total. The molecule has 0 spiro atoms. The predicted octanol–water partition coefficient (Wildman–Crippen LogP) is 1.52. The lowest BCUT2D eigenvalue weighted by Crippen LogP contribution is -2.57. The number of fused-ring (bicyclic) bond motifs is 1. The Morgan fingerprint density at radius 2 is 1.80 bits per heavy atom. The van der Waals surface area contributed by atoms with Gasteiger partial charge in [0.1, 0.15) is 6.10 Å². The molecule has 35 heavy (non-hydrogen) atoms. The largest absolute Gasteiger partial charge is 0.472 e. The number of furan rings is 1. The van der Waals surface area contributed by atoms with E-state index in [0.717, 1.165) is 0 Å². The van der Waals surface area contributed by atoms with E-state index in [-0.39, 0.29) is 19.6 Å².